The minimum absolute atomic E-state index is 0.0884. The van der Waals surface area contributed by atoms with Gasteiger partial charge in [-0.15, -0.1) is 12.3 Å². The van der Waals surface area contributed by atoms with Crippen molar-refractivity contribution in [3.05, 3.63) is 0 Å². The van der Waals surface area contributed by atoms with Gasteiger partial charge in [-0.1, -0.05) is 6.92 Å². The fourth-order valence-electron chi connectivity index (χ4n) is 0.905. The van der Waals surface area contributed by atoms with Crippen molar-refractivity contribution in [1.29, 1.82) is 0 Å². The molecular weight excluding hydrogens is 152 g/mol. The molecule has 0 aromatic rings. The Kier molecular flexibility index (Phi) is 4.61. The monoisotopic (exact) mass is 168 g/mol. The third kappa shape index (κ3) is 2.67. The van der Waals surface area contributed by atoms with E-state index in [2.05, 4.69) is 5.92 Å². The summed E-state index contributed by atoms with van der Waals surface area (Å²) in [6.45, 7) is 3.73. The Hall–Kier alpha value is -0.810. The Balaban J connectivity index is 4.14. The van der Waals surface area contributed by atoms with Gasteiger partial charge >= 0.3 is 0 Å². The zero-order valence-corrected chi connectivity index (χ0v) is 8.02. The summed E-state index contributed by atoms with van der Waals surface area (Å²) in [7, 11) is 1.55. The highest BCUT2D eigenvalue weighted by molar-refractivity contribution is 5.87. The third-order valence-electron chi connectivity index (χ3n) is 2.21. The lowest BCUT2D eigenvalue weighted by atomic mass is 9.94. The standard InChI is InChI=1S/C10H16O2/c1-5-7-8-9(11)10(3,6-2)12-4/h1H,6-8H2,2-4H3. The van der Waals surface area contributed by atoms with Crippen molar-refractivity contribution in [1.82, 2.24) is 0 Å². The predicted molar refractivity (Wildman–Crippen MR) is 48.8 cm³/mol. The third-order valence-corrected chi connectivity index (χ3v) is 2.21. The van der Waals surface area contributed by atoms with Crippen molar-refractivity contribution in [2.45, 2.75) is 38.7 Å². The Bertz CT molecular complexity index is 185. The average molecular weight is 168 g/mol. The first-order valence-electron chi connectivity index (χ1n) is 4.12. The van der Waals surface area contributed by atoms with Crippen LogP contribution in [0.1, 0.15) is 33.1 Å². The molecule has 0 aromatic heterocycles. The minimum atomic E-state index is -0.642. The van der Waals surface area contributed by atoms with Crippen molar-refractivity contribution >= 4 is 5.78 Å². The van der Waals surface area contributed by atoms with Gasteiger partial charge in [0.25, 0.3) is 0 Å². The second-order valence-corrected chi connectivity index (χ2v) is 2.92. The van der Waals surface area contributed by atoms with E-state index in [0.717, 1.165) is 0 Å². The van der Waals surface area contributed by atoms with E-state index < -0.39 is 5.60 Å². The molecule has 0 spiro atoms. The molecule has 2 nitrogen and oxygen atoms in total. The number of terminal acetylenes is 1. The van der Waals surface area contributed by atoms with Crippen molar-refractivity contribution in [3.63, 3.8) is 0 Å². The van der Waals surface area contributed by atoms with Gasteiger partial charge in [-0.25, -0.2) is 0 Å². The van der Waals surface area contributed by atoms with E-state index in [1.54, 1.807) is 14.0 Å². The summed E-state index contributed by atoms with van der Waals surface area (Å²) in [5.41, 5.74) is -0.642. The van der Waals surface area contributed by atoms with Gasteiger partial charge in [0.05, 0.1) is 0 Å². The zero-order chi connectivity index (χ0) is 9.61. The Labute approximate surface area is 74.3 Å². The highest BCUT2D eigenvalue weighted by Gasteiger charge is 2.29. The SMILES string of the molecule is C#CCCC(=O)C(C)(CC)OC. The topological polar surface area (TPSA) is 26.3 Å². The summed E-state index contributed by atoms with van der Waals surface area (Å²) in [4.78, 5) is 11.5. The molecule has 0 aliphatic carbocycles. The molecule has 0 amide bonds. The van der Waals surface area contributed by atoms with E-state index in [1.807, 2.05) is 6.92 Å². The van der Waals surface area contributed by atoms with Gasteiger partial charge in [-0.05, 0) is 13.3 Å². The van der Waals surface area contributed by atoms with Gasteiger partial charge in [0.2, 0.25) is 0 Å². The molecular formula is C10H16O2. The summed E-state index contributed by atoms with van der Waals surface area (Å²) < 4.78 is 5.13. The van der Waals surface area contributed by atoms with Crippen molar-refractivity contribution in [3.8, 4) is 12.3 Å². The molecule has 2 heteroatoms. The number of ketones is 1. The number of carbonyl (C=O) groups excluding carboxylic acids is 1. The van der Waals surface area contributed by atoms with Gasteiger partial charge < -0.3 is 4.74 Å². The predicted octanol–water partition coefficient (Wildman–Crippen LogP) is 1.78. The quantitative estimate of drug-likeness (QED) is 0.585. The highest BCUT2D eigenvalue weighted by atomic mass is 16.5. The lowest BCUT2D eigenvalue weighted by molar-refractivity contribution is -0.139. The molecule has 1 unspecified atom stereocenters. The van der Waals surface area contributed by atoms with E-state index in [4.69, 9.17) is 11.2 Å². The van der Waals surface area contributed by atoms with Crippen LogP contribution < -0.4 is 0 Å². The average Bonchev–Trinajstić information content (AvgIpc) is 2.12. The van der Waals surface area contributed by atoms with E-state index in [1.165, 1.54) is 0 Å². The van der Waals surface area contributed by atoms with E-state index in [0.29, 0.717) is 19.3 Å². The van der Waals surface area contributed by atoms with Gasteiger partial charge in [0.1, 0.15) is 5.60 Å². The molecule has 68 valence electrons. The van der Waals surface area contributed by atoms with E-state index in [9.17, 15) is 4.79 Å². The van der Waals surface area contributed by atoms with Crippen LogP contribution in [0, 0.1) is 12.3 Å². The van der Waals surface area contributed by atoms with Crippen LogP contribution in [0.2, 0.25) is 0 Å². The molecule has 0 N–H and O–H groups in total. The fourth-order valence-corrected chi connectivity index (χ4v) is 0.905. The summed E-state index contributed by atoms with van der Waals surface area (Å²) in [5.74, 6) is 2.53. The summed E-state index contributed by atoms with van der Waals surface area (Å²) in [6, 6.07) is 0. The minimum Gasteiger partial charge on any atom is -0.371 e. The van der Waals surface area contributed by atoms with E-state index >= 15 is 0 Å². The van der Waals surface area contributed by atoms with Crippen molar-refractivity contribution in [2.24, 2.45) is 0 Å². The maximum atomic E-state index is 11.5. The first kappa shape index (κ1) is 11.2. The van der Waals surface area contributed by atoms with Gasteiger partial charge in [0, 0.05) is 20.0 Å². The number of rotatable bonds is 5. The molecule has 0 rings (SSSR count). The number of carbonyl (C=O) groups is 1. The van der Waals surface area contributed by atoms with Gasteiger partial charge in [0.15, 0.2) is 5.78 Å². The zero-order valence-electron chi connectivity index (χ0n) is 8.02. The fraction of sp³-hybridized carbons (Fsp3) is 0.700. The summed E-state index contributed by atoms with van der Waals surface area (Å²) in [5, 5.41) is 0. The maximum absolute atomic E-state index is 11.5. The second-order valence-electron chi connectivity index (χ2n) is 2.92. The molecule has 12 heavy (non-hydrogen) atoms. The maximum Gasteiger partial charge on any atom is 0.165 e. The first-order valence-corrected chi connectivity index (χ1v) is 4.12. The van der Waals surface area contributed by atoms with Crippen molar-refractivity contribution in [2.75, 3.05) is 7.11 Å². The largest absolute Gasteiger partial charge is 0.371 e. The molecule has 0 aromatic carbocycles. The van der Waals surface area contributed by atoms with Crippen LogP contribution in [0.15, 0.2) is 0 Å². The van der Waals surface area contributed by atoms with Gasteiger partial charge in [-0.2, -0.15) is 0 Å². The molecule has 0 fully saturated rings. The lowest BCUT2D eigenvalue weighted by Crippen LogP contribution is -2.36. The number of hydrogen-bond acceptors (Lipinski definition) is 2. The van der Waals surface area contributed by atoms with Crippen LogP contribution >= 0.6 is 0 Å². The first-order chi connectivity index (χ1) is 5.60. The normalized spacial score (nSPS) is 14.8. The number of ether oxygens (including phenoxy) is 1. The molecule has 0 radical (unpaired) electrons. The highest BCUT2D eigenvalue weighted by Crippen LogP contribution is 2.17. The van der Waals surface area contributed by atoms with Crippen LogP contribution in [-0.4, -0.2) is 18.5 Å². The Morgan fingerprint density at radius 2 is 2.25 bits per heavy atom. The van der Waals surface area contributed by atoms with E-state index in [-0.39, 0.29) is 5.78 Å². The van der Waals surface area contributed by atoms with Crippen LogP contribution in [0.25, 0.3) is 0 Å². The number of methoxy groups -OCH3 is 1. The van der Waals surface area contributed by atoms with Crippen molar-refractivity contribution < 1.29 is 9.53 Å². The Morgan fingerprint density at radius 1 is 1.67 bits per heavy atom. The Morgan fingerprint density at radius 3 is 2.58 bits per heavy atom. The number of hydrogen-bond donors (Lipinski definition) is 0. The number of Topliss-reactive ketones (excluding diaryl/α,β-unsaturated/α-hetero) is 1. The summed E-state index contributed by atoms with van der Waals surface area (Å²) >= 11 is 0. The van der Waals surface area contributed by atoms with Crippen LogP contribution in [0.3, 0.4) is 0 Å². The molecule has 0 saturated heterocycles. The molecule has 1 atom stereocenters. The molecule has 0 aliphatic rings. The van der Waals surface area contributed by atoms with Crippen LogP contribution in [0.5, 0.6) is 0 Å². The lowest BCUT2D eigenvalue weighted by Gasteiger charge is -2.24. The second kappa shape index (κ2) is 4.95. The van der Waals surface area contributed by atoms with Crippen LogP contribution in [-0.2, 0) is 9.53 Å². The van der Waals surface area contributed by atoms with Crippen LogP contribution in [0.4, 0.5) is 0 Å². The smallest absolute Gasteiger partial charge is 0.165 e. The summed E-state index contributed by atoms with van der Waals surface area (Å²) in [6.07, 6.45) is 6.66. The molecule has 0 bridgehead atoms. The van der Waals surface area contributed by atoms with Gasteiger partial charge in [-0.3, -0.25) is 4.79 Å². The molecule has 0 saturated carbocycles. The molecule has 0 heterocycles. The molecule has 0 aliphatic heterocycles.